The van der Waals surface area contributed by atoms with Gasteiger partial charge in [-0.25, -0.2) is 4.98 Å². The number of hydrogen-bond donors (Lipinski definition) is 1. The first kappa shape index (κ1) is 15.4. The van der Waals surface area contributed by atoms with E-state index in [1.807, 2.05) is 17.2 Å². The van der Waals surface area contributed by atoms with E-state index in [1.54, 1.807) is 17.1 Å². The molecule has 3 aromatic rings. The second-order valence-corrected chi connectivity index (χ2v) is 7.07. The van der Waals surface area contributed by atoms with Crippen LogP contribution in [0.15, 0.2) is 41.4 Å². The average molecular weight is 388 g/mol. The van der Waals surface area contributed by atoms with Crippen molar-refractivity contribution < 1.29 is 4.79 Å². The van der Waals surface area contributed by atoms with Crippen molar-refractivity contribution in [1.29, 1.82) is 0 Å². The first-order valence-corrected chi connectivity index (χ1v) is 8.88. The van der Waals surface area contributed by atoms with Gasteiger partial charge in [-0.15, -0.1) is 0 Å². The topological polar surface area (TPSA) is 66.8 Å². The summed E-state index contributed by atoms with van der Waals surface area (Å²) >= 11 is 3.35. The molecular formula is C17H18BrN5O. The van der Waals surface area contributed by atoms with Crippen LogP contribution in [0.25, 0.3) is 11.0 Å². The molecule has 1 saturated heterocycles. The van der Waals surface area contributed by atoms with Crippen molar-refractivity contribution in [3.8, 4) is 0 Å². The third-order valence-corrected chi connectivity index (χ3v) is 5.08. The van der Waals surface area contributed by atoms with Gasteiger partial charge < -0.3 is 9.88 Å². The SMILES string of the molecule is O=C(Cn1cc(Br)cn1)N1CCC(c2c[nH]c3ncccc23)CC1. The second-order valence-electron chi connectivity index (χ2n) is 6.15. The summed E-state index contributed by atoms with van der Waals surface area (Å²) in [6.07, 6.45) is 9.36. The van der Waals surface area contributed by atoms with E-state index in [2.05, 4.69) is 43.3 Å². The van der Waals surface area contributed by atoms with Crippen molar-refractivity contribution in [3.05, 3.63) is 47.0 Å². The van der Waals surface area contributed by atoms with Crippen molar-refractivity contribution in [1.82, 2.24) is 24.6 Å². The molecule has 1 N–H and O–H groups in total. The zero-order chi connectivity index (χ0) is 16.5. The molecule has 1 aliphatic rings. The van der Waals surface area contributed by atoms with Crippen molar-refractivity contribution in [2.24, 2.45) is 0 Å². The molecule has 0 spiro atoms. The fourth-order valence-corrected chi connectivity index (χ4v) is 3.75. The van der Waals surface area contributed by atoms with Crippen LogP contribution in [0.2, 0.25) is 0 Å². The van der Waals surface area contributed by atoms with E-state index in [1.165, 1.54) is 10.9 Å². The van der Waals surface area contributed by atoms with Gasteiger partial charge in [0.05, 0.1) is 10.7 Å². The quantitative estimate of drug-likeness (QED) is 0.750. The number of aromatic amines is 1. The summed E-state index contributed by atoms with van der Waals surface area (Å²) in [5, 5.41) is 5.35. The Balaban J connectivity index is 1.40. The molecule has 4 rings (SSSR count). The summed E-state index contributed by atoms with van der Waals surface area (Å²) in [5.74, 6) is 0.607. The van der Waals surface area contributed by atoms with Crippen LogP contribution in [0.3, 0.4) is 0 Å². The molecule has 7 heteroatoms. The molecule has 24 heavy (non-hydrogen) atoms. The highest BCUT2D eigenvalue weighted by Gasteiger charge is 2.25. The van der Waals surface area contributed by atoms with Gasteiger partial charge in [-0.3, -0.25) is 9.48 Å². The van der Waals surface area contributed by atoms with E-state index in [4.69, 9.17) is 0 Å². The minimum absolute atomic E-state index is 0.129. The summed E-state index contributed by atoms with van der Waals surface area (Å²) < 4.78 is 2.56. The second kappa shape index (κ2) is 6.39. The van der Waals surface area contributed by atoms with Gasteiger partial charge in [-0.2, -0.15) is 5.10 Å². The van der Waals surface area contributed by atoms with E-state index in [0.29, 0.717) is 12.5 Å². The summed E-state index contributed by atoms with van der Waals surface area (Å²) in [6, 6.07) is 4.09. The Labute approximate surface area is 148 Å². The number of halogens is 1. The summed E-state index contributed by atoms with van der Waals surface area (Å²) in [5.41, 5.74) is 2.26. The molecular weight excluding hydrogens is 370 g/mol. The van der Waals surface area contributed by atoms with Crippen molar-refractivity contribution in [3.63, 3.8) is 0 Å². The van der Waals surface area contributed by atoms with Crippen molar-refractivity contribution >= 4 is 32.9 Å². The molecule has 3 aromatic heterocycles. The first-order valence-electron chi connectivity index (χ1n) is 8.08. The van der Waals surface area contributed by atoms with E-state index in [-0.39, 0.29) is 5.91 Å². The number of H-pyrrole nitrogens is 1. The number of nitrogens with one attached hydrogen (secondary N) is 1. The highest BCUT2D eigenvalue weighted by Crippen LogP contribution is 2.32. The number of likely N-dealkylation sites (tertiary alicyclic amines) is 1. The summed E-state index contributed by atoms with van der Waals surface area (Å²) in [4.78, 5) is 22.0. The average Bonchev–Trinajstić information content (AvgIpc) is 3.21. The van der Waals surface area contributed by atoms with Crippen LogP contribution in [-0.4, -0.2) is 43.6 Å². The van der Waals surface area contributed by atoms with Gasteiger partial charge in [0.25, 0.3) is 0 Å². The smallest absolute Gasteiger partial charge is 0.244 e. The number of pyridine rings is 1. The highest BCUT2D eigenvalue weighted by molar-refractivity contribution is 9.10. The van der Waals surface area contributed by atoms with Crippen LogP contribution in [-0.2, 0) is 11.3 Å². The van der Waals surface area contributed by atoms with Crippen molar-refractivity contribution in [2.75, 3.05) is 13.1 Å². The number of carbonyl (C=O) groups is 1. The van der Waals surface area contributed by atoms with Gasteiger partial charge in [0.15, 0.2) is 0 Å². The molecule has 0 saturated carbocycles. The lowest BCUT2D eigenvalue weighted by atomic mass is 9.89. The van der Waals surface area contributed by atoms with Crippen molar-refractivity contribution in [2.45, 2.75) is 25.3 Å². The summed E-state index contributed by atoms with van der Waals surface area (Å²) in [7, 11) is 0. The molecule has 124 valence electrons. The fourth-order valence-electron chi connectivity index (χ4n) is 3.42. The number of rotatable bonds is 3. The summed E-state index contributed by atoms with van der Waals surface area (Å²) in [6.45, 7) is 1.88. The number of amides is 1. The third kappa shape index (κ3) is 2.96. The lowest BCUT2D eigenvalue weighted by Gasteiger charge is -2.32. The van der Waals surface area contributed by atoms with Crippen LogP contribution in [0.1, 0.15) is 24.3 Å². The Kier molecular flexibility index (Phi) is 4.10. The first-order chi connectivity index (χ1) is 11.7. The van der Waals surface area contributed by atoms with Gasteiger partial charge in [0.2, 0.25) is 5.91 Å². The molecule has 1 amide bonds. The molecule has 0 aliphatic carbocycles. The molecule has 6 nitrogen and oxygen atoms in total. The maximum absolute atomic E-state index is 12.4. The molecule has 0 bridgehead atoms. The van der Waals surface area contributed by atoms with Gasteiger partial charge >= 0.3 is 0 Å². The van der Waals surface area contributed by atoms with Crippen LogP contribution in [0.4, 0.5) is 0 Å². The number of hydrogen-bond acceptors (Lipinski definition) is 3. The van der Waals surface area contributed by atoms with E-state index in [9.17, 15) is 4.79 Å². The minimum atomic E-state index is 0.129. The monoisotopic (exact) mass is 387 g/mol. The lowest BCUT2D eigenvalue weighted by molar-refractivity contribution is -0.133. The molecule has 4 heterocycles. The Morgan fingerprint density at radius 3 is 2.96 bits per heavy atom. The molecule has 0 aromatic carbocycles. The Bertz CT molecular complexity index is 863. The minimum Gasteiger partial charge on any atom is -0.346 e. The largest absolute Gasteiger partial charge is 0.346 e. The number of fused-ring (bicyclic) bond motifs is 1. The van der Waals surface area contributed by atoms with Crippen LogP contribution in [0, 0.1) is 0 Å². The Hall–Kier alpha value is -2.15. The lowest BCUT2D eigenvalue weighted by Crippen LogP contribution is -2.39. The molecule has 0 radical (unpaired) electrons. The van der Waals surface area contributed by atoms with Crippen LogP contribution >= 0.6 is 15.9 Å². The zero-order valence-corrected chi connectivity index (χ0v) is 14.7. The predicted octanol–water partition coefficient (Wildman–Crippen LogP) is 2.93. The molecule has 0 atom stereocenters. The number of piperidine rings is 1. The number of carbonyl (C=O) groups excluding carboxylic acids is 1. The fraction of sp³-hybridized carbons (Fsp3) is 0.353. The van der Waals surface area contributed by atoms with Gasteiger partial charge in [0.1, 0.15) is 12.2 Å². The van der Waals surface area contributed by atoms with Gasteiger partial charge in [-0.1, -0.05) is 0 Å². The maximum Gasteiger partial charge on any atom is 0.244 e. The predicted molar refractivity (Wildman–Crippen MR) is 94.6 cm³/mol. The standard InChI is InChI=1S/C17H18BrN5O/c18-13-8-21-23(10-13)11-16(24)22-6-3-12(4-7-22)15-9-20-17-14(15)2-1-5-19-17/h1-2,5,8-10,12H,3-4,6-7,11H2,(H,19,20). The molecule has 0 unspecified atom stereocenters. The van der Waals surface area contributed by atoms with Gasteiger partial charge in [-0.05, 0) is 52.4 Å². The highest BCUT2D eigenvalue weighted by atomic mass is 79.9. The van der Waals surface area contributed by atoms with E-state index in [0.717, 1.165) is 36.1 Å². The molecule has 1 aliphatic heterocycles. The Morgan fingerprint density at radius 2 is 2.21 bits per heavy atom. The maximum atomic E-state index is 12.4. The normalized spacial score (nSPS) is 16.0. The van der Waals surface area contributed by atoms with E-state index < -0.39 is 0 Å². The zero-order valence-electron chi connectivity index (χ0n) is 13.2. The van der Waals surface area contributed by atoms with Gasteiger partial charge in [0, 0.05) is 37.1 Å². The molecule has 1 fully saturated rings. The van der Waals surface area contributed by atoms with Crippen LogP contribution < -0.4 is 0 Å². The van der Waals surface area contributed by atoms with E-state index >= 15 is 0 Å². The number of nitrogens with zero attached hydrogens (tertiary/aromatic N) is 4. The number of aromatic nitrogens is 4. The third-order valence-electron chi connectivity index (χ3n) is 4.67. The van der Waals surface area contributed by atoms with Crippen LogP contribution in [0.5, 0.6) is 0 Å². The Morgan fingerprint density at radius 1 is 1.38 bits per heavy atom.